The molecule has 0 spiro atoms. The molecule has 2 aliphatic heterocycles. The molecule has 6 heteroatoms. The van der Waals surface area contributed by atoms with Gasteiger partial charge in [0.25, 0.3) is 0 Å². The predicted molar refractivity (Wildman–Crippen MR) is 70.6 cm³/mol. The molecular weight excluding hydrogens is 266 g/mol. The van der Waals surface area contributed by atoms with Gasteiger partial charge in [-0.05, 0) is 31.0 Å². The van der Waals surface area contributed by atoms with Gasteiger partial charge in [-0.2, -0.15) is 0 Å². The third-order valence-corrected chi connectivity index (χ3v) is 4.67. The lowest BCUT2D eigenvalue weighted by Gasteiger charge is -2.11. The van der Waals surface area contributed by atoms with Crippen molar-refractivity contribution in [3.05, 3.63) is 23.3 Å². The molecule has 100 valence electrons. The van der Waals surface area contributed by atoms with Crippen LogP contribution in [0.2, 0.25) is 0 Å². The van der Waals surface area contributed by atoms with Crippen molar-refractivity contribution in [3.8, 4) is 11.5 Å². The summed E-state index contributed by atoms with van der Waals surface area (Å²) in [6.45, 7) is 1.96. The maximum Gasteiger partial charge on any atom is 0.231 e. The lowest BCUT2D eigenvalue weighted by atomic mass is 9.97. The van der Waals surface area contributed by atoms with Crippen molar-refractivity contribution in [1.29, 1.82) is 0 Å². The van der Waals surface area contributed by atoms with E-state index in [1.165, 1.54) is 11.8 Å². The number of carbonyl (C=O) groups excluding carboxylic acids is 2. The predicted octanol–water partition coefficient (Wildman–Crippen LogP) is 1.13. The summed E-state index contributed by atoms with van der Waals surface area (Å²) in [4.78, 5) is 23.8. The topological polar surface area (TPSA) is 78.6 Å². The van der Waals surface area contributed by atoms with Gasteiger partial charge in [0.05, 0.1) is 10.5 Å². The third-order valence-electron chi connectivity index (χ3n) is 3.32. The number of rotatable bonds is 1. The van der Waals surface area contributed by atoms with Crippen LogP contribution in [0.15, 0.2) is 12.1 Å². The van der Waals surface area contributed by atoms with Gasteiger partial charge in [0.2, 0.25) is 12.7 Å². The number of hydrogen-bond donors (Lipinski definition) is 1. The minimum Gasteiger partial charge on any atom is -0.454 e. The number of primary amides is 1. The van der Waals surface area contributed by atoms with Gasteiger partial charge < -0.3 is 15.2 Å². The lowest BCUT2D eigenvalue weighted by Crippen LogP contribution is -2.28. The molecule has 3 rings (SSSR count). The number of carbonyl (C=O) groups is 2. The summed E-state index contributed by atoms with van der Waals surface area (Å²) in [5, 5.41) is -0.681. The standard InChI is InChI=1S/C13H13NO4S/c1-6-12(15)8-4-10-9(17-5-18-10)2-7(8)3-11(19-6)13(14)16/h2,4,6,11H,3,5H2,1H3,(H2,14,16). The van der Waals surface area contributed by atoms with E-state index in [1.54, 1.807) is 19.1 Å². The number of Topliss-reactive ketones (excluding diaryl/α,β-unsaturated/α-hetero) is 1. The summed E-state index contributed by atoms with van der Waals surface area (Å²) in [5.74, 6) is 0.813. The van der Waals surface area contributed by atoms with Crippen LogP contribution in [0.1, 0.15) is 22.8 Å². The summed E-state index contributed by atoms with van der Waals surface area (Å²) >= 11 is 1.31. The van der Waals surface area contributed by atoms with Crippen LogP contribution in [0.25, 0.3) is 0 Å². The number of amides is 1. The number of nitrogens with two attached hydrogens (primary N) is 1. The van der Waals surface area contributed by atoms with E-state index >= 15 is 0 Å². The zero-order valence-electron chi connectivity index (χ0n) is 10.3. The average molecular weight is 279 g/mol. The van der Waals surface area contributed by atoms with Crippen LogP contribution in [0, 0.1) is 0 Å². The Balaban J connectivity index is 2.09. The van der Waals surface area contributed by atoms with Crippen LogP contribution in [0.4, 0.5) is 0 Å². The normalized spacial score (nSPS) is 24.8. The van der Waals surface area contributed by atoms with Crippen LogP contribution in [0.3, 0.4) is 0 Å². The molecule has 0 saturated heterocycles. The van der Waals surface area contributed by atoms with Crippen LogP contribution in [-0.2, 0) is 11.2 Å². The number of fused-ring (bicyclic) bond motifs is 2. The van der Waals surface area contributed by atoms with Crippen LogP contribution < -0.4 is 15.2 Å². The molecule has 0 aliphatic carbocycles. The van der Waals surface area contributed by atoms with Gasteiger partial charge in [-0.15, -0.1) is 11.8 Å². The Bertz CT molecular complexity index is 572. The Kier molecular flexibility index (Phi) is 2.89. The Labute approximate surface area is 114 Å². The molecule has 0 saturated carbocycles. The molecule has 2 unspecified atom stereocenters. The summed E-state index contributed by atoms with van der Waals surface area (Å²) in [7, 11) is 0. The molecule has 0 aromatic heterocycles. The molecular formula is C13H13NO4S. The van der Waals surface area contributed by atoms with Crippen molar-refractivity contribution < 1.29 is 19.1 Å². The molecule has 2 aliphatic rings. The molecule has 5 nitrogen and oxygen atoms in total. The van der Waals surface area contributed by atoms with Crippen molar-refractivity contribution in [1.82, 2.24) is 0 Å². The number of ketones is 1. The number of benzene rings is 1. The summed E-state index contributed by atoms with van der Waals surface area (Å²) in [6.07, 6.45) is 0.446. The van der Waals surface area contributed by atoms with Crippen molar-refractivity contribution in [2.45, 2.75) is 23.8 Å². The van der Waals surface area contributed by atoms with E-state index in [-0.39, 0.29) is 23.1 Å². The summed E-state index contributed by atoms with van der Waals surface area (Å²) in [5.41, 5.74) is 6.79. The second-order valence-corrected chi connectivity index (χ2v) is 6.15. The molecule has 0 fully saturated rings. The van der Waals surface area contributed by atoms with Crippen molar-refractivity contribution in [2.75, 3.05) is 6.79 Å². The first-order valence-corrected chi connectivity index (χ1v) is 6.92. The third kappa shape index (κ3) is 2.06. The van der Waals surface area contributed by atoms with Crippen molar-refractivity contribution >= 4 is 23.5 Å². The highest BCUT2D eigenvalue weighted by Crippen LogP contribution is 2.39. The van der Waals surface area contributed by atoms with Gasteiger partial charge >= 0.3 is 0 Å². The largest absolute Gasteiger partial charge is 0.454 e. The number of thioether (sulfide) groups is 1. The minimum atomic E-state index is -0.393. The van der Waals surface area contributed by atoms with Gasteiger partial charge in [0.15, 0.2) is 17.3 Å². The molecule has 1 amide bonds. The zero-order valence-corrected chi connectivity index (χ0v) is 11.2. The van der Waals surface area contributed by atoms with Gasteiger partial charge in [-0.1, -0.05) is 0 Å². The number of hydrogen-bond acceptors (Lipinski definition) is 5. The molecule has 2 N–H and O–H groups in total. The quantitative estimate of drug-likeness (QED) is 0.833. The lowest BCUT2D eigenvalue weighted by molar-refractivity contribution is -0.117. The molecule has 1 aromatic carbocycles. The number of ether oxygens (including phenoxy) is 2. The molecule has 2 atom stereocenters. The van der Waals surface area contributed by atoms with E-state index in [0.717, 1.165) is 5.56 Å². The van der Waals surface area contributed by atoms with E-state index in [4.69, 9.17) is 15.2 Å². The molecule has 0 bridgehead atoms. The highest BCUT2D eigenvalue weighted by molar-refractivity contribution is 8.01. The van der Waals surface area contributed by atoms with Crippen molar-refractivity contribution in [3.63, 3.8) is 0 Å². The Morgan fingerprint density at radius 1 is 1.37 bits per heavy atom. The fraction of sp³-hybridized carbons (Fsp3) is 0.385. The minimum absolute atomic E-state index is 0.00190. The Morgan fingerprint density at radius 2 is 2.05 bits per heavy atom. The van der Waals surface area contributed by atoms with Gasteiger partial charge in [-0.25, -0.2) is 0 Å². The van der Waals surface area contributed by atoms with Crippen LogP contribution in [0.5, 0.6) is 11.5 Å². The first-order chi connectivity index (χ1) is 9.06. The van der Waals surface area contributed by atoms with Crippen LogP contribution in [-0.4, -0.2) is 29.0 Å². The summed E-state index contributed by atoms with van der Waals surface area (Å²) < 4.78 is 10.6. The van der Waals surface area contributed by atoms with E-state index in [2.05, 4.69) is 0 Å². The van der Waals surface area contributed by atoms with Gasteiger partial charge in [-0.3, -0.25) is 9.59 Å². The van der Waals surface area contributed by atoms with E-state index in [1.807, 2.05) is 0 Å². The zero-order chi connectivity index (χ0) is 13.6. The monoisotopic (exact) mass is 279 g/mol. The second kappa shape index (κ2) is 4.45. The van der Waals surface area contributed by atoms with Crippen molar-refractivity contribution in [2.24, 2.45) is 5.73 Å². The van der Waals surface area contributed by atoms with Gasteiger partial charge in [0.1, 0.15) is 0 Å². The van der Waals surface area contributed by atoms with Crippen LogP contribution >= 0.6 is 11.8 Å². The SMILES string of the molecule is CC1SC(C(N)=O)Cc2cc3c(cc2C1=O)OCO3. The Morgan fingerprint density at radius 3 is 2.74 bits per heavy atom. The van der Waals surface area contributed by atoms with Gasteiger partial charge in [0, 0.05) is 5.56 Å². The fourth-order valence-electron chi connectivity index (χ4n) is 2.33. The maximum absolute atomic E-state index is 12.3. The second-order valence-electron chi connectivity index (χ2n) is 4.60. The van der Waals surface area contributed by atoms with E-state index < -0.39 is 5.91 Å². The Hall–Kier alpha value is -1.69. The van der Waals surface area contributed by atoms with E-state index in [9.17, 15) is 9.59 Å². The highest BCUT2D eigenvalue weighted by atomic mass is 32.2. The fourth-order valence-corrected chi connectivity index (χ4v) is 3.48. The molecule has 0 radical (unpaired) electrons. The molecule has 1 aromatic rings. The first-order valence-electron chi connectivity index (χ1n) is 5.98. The maximum atomic E-state index is 12.3. The average Bonchev–Trinajstić information content (AvgIpc) is 2.78. The first kappa shape index (κ1) is 12.3. The molecule has 19 heavy (non-hydrogen) atoms. The smallest absolute Gasteiger partial charge is 0.231 e. The summed E-state index contributed by atoms with van der Waals surface area (Å²) in [6, 6.07) is 3.49. The molecule has 2 heterocycles. The highest BCUT2D eigenvalue weighted by Gasteiger charge is 2.32. The van der Waals surface area contributed by atoms with E-state index in [0.29, 0.717) is 23.5 Å².